The molecule has 0 aliphatic rings. The van der Waals surface area contributed by atoms with Crippen LogP contribution in [0.1, 0.15) is 43.1 Å². The van der Waals surface area contributed by atoms with Crippen LogP contribution in [0.5, 0.6) is 0 Å². The molecule has 1 atom stereocenters. The van der Waals surface area contributed by atoms with Crippen LogP contribution in [-0.2, 0) is 11.8 Å². The standard InChI is InChI=1S/C15H19IN2S/c1-15(2,3)13-9-19-14(18-13)8-12(17)10-6-4-5-7-11(10)16/h4-7,9,12H,8,17H2,1-3H3. The van der Waals surface area contributed by atoms with Gasteiger partial charge in [-0.3, -0.25) is 0 Å². The quantitative estimate of drug-likeness (QED) is 0.800. The van der Waals surface area contributed by atoms with E-state index < -0.39 is 0 Å². The molecule has 102 valence electrons. The first-order valence-electron chi connectivity index (χ1n) is 6.33. The number of rotatable bonds is 3. The zero-order chi connectivity index (χ0) is 14.0. The minimum Gasteiger partial charge on any atom is -0.324 e. The van der Waals surface area contributed by atoms with Gasteiger partial charge in [-0.05, 0) is 34.2 Å². The second-order valence-corrected chi connectivity index (χ2v) is 7.81. The van der Waals surface area contributed by atoms with Gasteiger partial charge in [0, 0.05) is 26.8 Å². The molecule has 0 aliphatic heterocycles. The van der Waals surface area contributed by atoms with E-state index in [4.69, 9.17) is 10.7 Å². The Hall–Kier alpha value is -0.460. The maximum atomic E-state index is 6.31. The molecule has 0 fully saturated rings. The van der Waals surface area contributed by atoms with Gasteiger partial charge in [0.2, 0.25) is 0 Å². The molecule has 1 unspecified atom stereocenters. The monoisotopic (exact) mass is 386 g/mol. The summed E-state index contributed by atoms with van der Waals surface area (Å²) < 4.78 is 1.22. The van der Waals surface area contributed by atoms with Gasteiger partial charge in [0.1, 0.15) is 0 Å². The molecular formula is C15H19IN2S. The minimum absolute atomic E-state index is 0.0204. The van der Waals surface area contributed by atoms with Crippen LogP contribution in [0.2, 0.25) is 0 Å². The highest BCUT2D eigenvalue weighted by Crippen LogP contribution is 2.27. The summed E-state index contributed by atoms with van der Waals surface area (Å²) in [5, 5.41) is 3.27. The van der Waals surface area contributed by atoms with E-state index in [1.165, 1.54) is 9.13 Å². The van der Waals surface area contributed by atoms with E-state index in [1.54, 1.807) is 11.3 Å². The van der Waals surface area contributed by atoms with Crippen molar-refractivity contribution in [3.63, 3.8) is 0 Å². The van der Waals surface area contributed by atoms with Gasteiger partial charge < -0.3 is 5.73 Å². The van der Waals surface area contributed by atoms with Crippen LogP contribution < -0.4 is 5.73 Å². The highest BCUT2D eigenvalue weighted by molar-refractivity contribution is 14.1. The lowest BCUT2D eigenvalue weighted by Gasteiger charge is -2.15. The third-order valence-corrected chi connectivity index (χ3v) is 4.87. The molecule has 0 saturated carbocycles. The Labute approximate surface area is 132 Å². The van der Waals surface area contributed by atoms with Crippen molar-refractivity contribution < 1.29 is 0 Å². The van der Waals surface area contributed by atoms with Crippen LogP contribution in [0.15, 0.2) is 29.6 Å². The maximum absolute atomic E-state index is 6.31. The molecule has 0 saturated heterocycles. The molecule has 1 aromatic carbocycles. The minimum atomic E-state index is 0.0204. The van der Waals surface area contributed by atoms with Gasteiger partial charge in [0.25, 0.3) is 0 Å². The molecule has 0 amide bonds. The normalized spacial score (nSPS) is 13.5. The smallest absolute Gasteiger partial charge is 0.0947 e. The molecule has 2 aromatic rings. The molecule has 0 radical (unpaired) electrons. The third kappa shape index (κ3) is 3.77. The molecule has 0 spiro atoms. The van der Waals surface area contributed by atoms with Gasteiger partial charge in [-0.15, -0.1) is 11.3 Å². The molecule has 2 N–H and O–H groups in total. The fraction of sp³-hybridized carbons (Fsp3) is 0.400. The Kier molecular flexibility index (Phi) is 4.63. The van der Waals surface area contributed by atoms with Gasteiger partial charge in [-0.2, -0.15) is 0 Å². The molecule has 2 rings (SSSR count). The molecule has 0 aliphatic carbocycles. The fourth-order valence-electron chi connectivity index (χ4n) is 1.82. The second kappa shape index (κ2) is 5.89. The Bertz CT molecular complexity index is 557. The Morgan fingerprint density at radius 3 is 2.58 bits per heavy atom. The van der Waals surface area contributed by atoms with Crippen molar-refractivity contribution in [1.82, 2.24) is 4.98 Å². The topological polar surface area (TPSA) is 38.9 Å². The summed E-state index contributed by atoms with van der Waals surface area (Å²) in [5.41, 5.74) is 8.78. The molecule has 4 heteroatoms. The Morgan fingerprint density at radius 1 is 1.32 bits per heavy atom. The number of hydrogen-bond donors (Lipinski definition) is 1. The first kappa shape index (κ1) is 14.9. The molecule has 1 heterocycles. The lowest BCUT2D eigenvalue weighted by molar-refractivity contribution is 0.569. The first-order valence-corrected chi connectivity index (χ1v) is 8.28. The summed E-state index contributed by atoms with van der Waals surface area (Å²) in [6.07, 6.45) is 0.806. The van der Waals surface area contributed by atoms with Crippen LogP contribution in [0, 0.1) is 3.57 Å². The third-order valence-electron chi connectivity index (χ3n) is 3.02. The number of benzene rings is 1. The van der Waals surface area contributed by atoms with E-state index in [0.29, 0.717) is 0 Å². The molecule has 19 heavy (non-hydrogen) atoms. The number of thiazole rings is 1. The molecule has 0 bridgehead atoms. The van der Waals surface area contributed by atoms with Gasteiger partial charge in [0.15, 0.2) is 0 Å². The lowest BCUT2D eigenvalue weighted by Crippen LogP contribution is -2.15. The van der Waals surface area contributed by atoms with Gasteiger partial charge in [-0.25, -0.2) is 4.98 Å². The van der Waals surface area contributed by atoms with Crippen LogP contribution in [0.3, 0.4) is 0 Å². The maximum Gasteiger partial charge on any atom is 0.0947 e. The Morgan fingerprint density at radius 2 is 2.00 bits per heavy atom. The Balaban J connectivity index is 2.14. The van der Waals surface area contributed by atoms with Crippen molar-refractivity contribution in [2.45, 2.75) is 38.6 Å². The molecular weight excluding hydrogens is 367 g/mol. The van der Waals surface area contributed by atoms with Crippen molar-refractivity contribution in [2.24, 2.45) is 5.73 Å². The van der Waals surface area contributed by atoms with Crippen molar-refractivity contribution in [3.8, 4) is 0 Å². The lowest BCUT2D eigenvalue weighted by atomic mass is 9.93. The molecule has 1 aromatic heterocycles. The van der Waals surface area contributed by atoms with Crippen molar-refractivity contribution in [1.29, 1.82) is 0 Å². The summed E-state index contributed by atoms with van der Waals surface area (Å²) in [5.74, 6) is 0. The van der Waals surface area contributed by atoms with E-state index >= 15 is 0 Å². The van der Waals surface area contributed by atoms with Gasteiger partial charge >= 0.3 is 0 Å². The van der Waals surface area contributed by atoms with Crippen LogP contribution in [0.25, 0.3) is 0 Å². The van der Waals surface area contributed by atoms with Crippen molar-refractivity contribution in [3.05, 3.63) is 49.5 Å². The summed E-state index contributed by atoms with van der Waals surface area (Å²) >= 11 is 4.05. The van der Waals surface area contributed by atoms with E-state index in [2.05, 4.69) is 60.9 Å². The van der Waals surface area contributed by atoms with Crippen LogP contribution in [-0.4, -0.2) is 4.98 Å². The number of nitrogens with zero attached hydrogens (tertiary/aromatic N) is 1. The van der Waals surface area contributed by atoms with E-state index in [-0.39, 0.29) is 11.5 Å². The number of hydrogen-bond acceptors (Lipinski definition) is 3. The highest BCUT2D eigenvalue weighted by atomic mass is 127. The second-order valence-electron chi connectivity index (χ2n) is 5.71. The fourth-order valence-corrected chi connectivity index (χ4v) is 3.69. The summed E-state index contributed by atoms with van der Waals surface area (Å²) in [7, 11) is 0. The SMILES string of the molecule is CC(C)(C)c1csc(CC(N)c2ccccc2I)n1. The zero-order valence-electron chi connectivity index (χ0n) is 11.5. The predicted molar refractivity (Wildman–Crippen MR) is 90.6 cm³/mol. The van der Waals surface area contributed by atoms with E-state index in [0.717, 1.165) is 17.1 Å². The van der Waals surface area contributed by atoms with Crippen LogP contribution in [0.4, 0.5) is 0 Å². The number of halogens is 1. The van der Waals surface area contributed by atoms with E-state index in [1.807, 2.05) is 12.1 Å². The summed E-state index contributed by atoms with van der Waals surface area (Å²) in [6, 6.07) is 8.30. The number of aromatic nitrogens is 1. The van der Waals surface area contributed by atoms with Gasteiger partial charge in [0.05, 0.1) is 10.7 Å². The van der Waals surface area contributed by atoms with E-state index in [9.17, 15) is 0 Å². The van der Waals surface area contributed by atoms with Crippen molar-refractivity contribution >= 4 is 33.9 Å². The number of nitrogens with two attached hydrogens (primary N) is 1. The van der Waals surface area contributed by atoms with Crippen molar-refractivity contribution in [2.75, 3.05) is 0 Å². The average Bonchev–Trinajstić information content (AvgIpc) is 2.77. The first-order chi connectivity index (χ1) is 8.88. The predicted octanol–water partition coefficient (Wildman–Crippen LogP) is 4.29. The average molecular weight is 386 g/mol. The molecule has 2 nitrogen and oxygen atoms in total. The highest BCUT2D eigenvalue weighted by Gasteiger charge is 2.19. The van der Waals surface area contributed by atoms with Crippen LogP contribution >= 0.6 is 33.9 Å². The van der Waals surface area contributed by atoms with Gasteiger partial charge in [-0.1, -0.05) is 39.0 Å². The zero-order valence-corrected chi connectivity index (χ0v) is 14.5. The summed E-state index contributed by atoms with van der Waals surface area (Å²) in [4.78, 5) is 4.71. The largest absolute Gasteiger partial charge is 0.324 e. The summed E-state index contributed by atoms with van der Waals surface area (Å²) in [6.45, 7) is 6.56.